The molecule has 1 N–H and O–H groups in total. The molecule has 0 bridgehead atoms. The van der Waals surface area contributed by atoms with Crippen molar-refractivity contribution >= 4 is 68.6 Å². The van der Waals surface area contributed by atoms with Crippen LogP contribution in [0.15, 0.2) is 15.5 Å². The van der Waals surface area contributed by atoms with Gasteiger partial charge in [-0.3, -0.25) is 4.57 Å². The molecule has 0 heterocycles. The molecule has 0 atom stereocenters. The Morgan fingerprint density at radius 3 is 2.25 bits per heavy atom. The zero-order valence-corrected chi connectivity index (χ0v) is 9.94. The van der Waals surface area contributed by atoms with Gasteiger partial charge in [0.1, 0.15) is 5.16 Å². The number of rotatable bonds is 2. The largest absolute Gasteiger partial charge is 0.366 e. The summed E-state index contributed by atoms with van der Waals surface area (Å²) in [7, 11) is 0. The molecular formula is C3H2Cl5N2OP. The molecule has 9 heteroatoms. The molecule has 0 saturated heterocycles. The first-order chi connectivity index (χ1) is 5.35. The van der Waals surface area contributed by atoms with E-state index in [0.29, 0.717) is 0 Å². The van der Waals surface area contributed by atoms with Crippen LogP contribution in [0, 0.1) is 0 Å². The van der Waals surface area contributed by atoms with Gasteiger partial charge < -0.3 is 5.32 Å². The molecule has 0 aromatic rings. The molecule has 0 saturated carbocycles. The van der Waals surface area contributed by atoms with Gasteiger partial charge in [0.2, 0.25) is 5.29 Å². The number of halogens is 5. The van der Waals surface area contributed by atoms with Gasteiger partial charge >= 0.3 is 6.00 Å². The van der Waals surface area contributed by atoms with Crippen molar-refractivity contribution in [3.8, 4) is 0 Å². The average molecular weight is 290 g/mol. The number of hydrogen-bond donors (Lipinski definition) is 1. The zero-order valence-electron chi connectivity index (χ0n) is 5.27. The van der Waals surface area contributed by atoms with Crippen LogP contribution in [0.3, 0.4) is 0 Å². The minimum absolute atomic E-state index is 0.00667. The predicted molar refractivity (Wildman–Crippen MR) is 55.5 cm³/mol. The Morgan fingerprint density at radius 1 is 1.42 bits per heavy atom. The average Bonchev–Trinajstić information content (AvgIpc) is 1.82. The van der Waals surface area contributed by atoms with E-state index in [1.807, 2.05) is 0 Å². The lowest BCUT2D eigenvalue weighted by Gasteiger charge is -2.00. The summed E-state index contributed by atoms with van der Waals surface area (Å²) < 4.78 is 13.8. The molecule has 0 radical (unpaired) electrons. The molecule has 3 nitrogen and oxygen atoms in total. The van der Waals surface area contributed by atoms with Crippen LogP contribution in [0.25, 0.3) is 0 Å². The first-order valence-corrected chi connectivity index (χ1v) is 6.99. The number of amidine groups is 1. The molecule has 70 valence electrons. The van der Waals surface area contributed by atoms with Gasteiger partial charge in [-0.2, -0.15) is 4.76 Å². The number of nitrogens with one attached hydrogen (secondary N) is 1. The summed E-state index contributed by atoms with van der Waals surface area (Å²) in [4.78, 5) is 0. The molecule has 12 heavy (non-hydrogen) atoms. The van der Waals surface area contributed by atoms with E-state index in [4.69, 9.17) is 57.3 Å². The summed E-state index contributed by atoms with van der Waals surface area (Å²) in [6, 6.07) is 0. The molecule has 0 aliphatic carbocycles. The lowest BCUT2D eigenvalue weighted by atomic mass is 11.0. The number of nitrogens with zero attached hydrogens (tertiary/aromatic N) is 1. The van der Waals surface area contributed by atoms with Crippen LogP contribution >= 0.6 is 63.3 Å². The lowest BCUT2D eigenvalue weighted by molar-refractivity contribution is 0.593. The molecule has 0 aromatic heterocycles. The van der Waals surface area contributed by atoms with Gasteiger partial charge in [0.05, 0.1) is 0 Å². The second-order valence-electron chi connectivity index (χ2n) is 1.41. The maximum absolute atomic E-state index is 10.6. The highest BCUT2D eigenvalue weighted by Crippen LogP contribution is 2.58. The fourth-order valence-corrected chi connectivity index (χ4v) is 1.81. The third-order valence-corrected chi connectivity index (χ3v) is 2.24. The molecule has 0 rings (SSSR count). The van der Waals surface area contributed by atoms with Crippen LogP contribution < -0.4 is 5.32 Å². The Morgan fingerprint density at radius 2 is 1.92 bits per heavy atom. The van der Waals surface area contributed by atoms with Crippen molar-refractivity contribution < 1.29 is 4.57 Å². The van der Waals surface area contributed by atoms with Crippen LogP contribution in [0.4, 0.5) is 0 Å². The third kappa shape index (κ3) is 7.53. The van der Waals surface area contributed by atoms with Gasteiger partial charge in [0.25, 0.3) is 0 Å². The van der Waals surface area contributed by atoms with E-state index in [1.54, 1.807) is 0 Å². The summed E-state index contributed by atoms with van der Waals surface area (Å²) in [5, 5.41) is 1.96. The van der Waals surface area contributed by atoms with Gasteiger partial charge in [0, 0.05) is 5.54 Å². The van der Waals surface area contributed by atoms with E-state index < -0.39 is 6.00 Å². The maximum Gasteiger partial charge on any atom is 0.366 e. The van der Waals surface area contributed by atoms with Crippen LogP contribution in [0.5, 0.6) is 0 Å². The van der Waals surface area contributed by atoms with Gasteiger partial charge in [-0.1, -0.05) is 23.2 Å². The Kier molecular flexibility index (Phi) is 6.00. The smallest absolute Gasteiger partial charge is 0.320 e. The summed E-state index contributed by atoms with van der Waals surface area (Å²) in [6.07, 6.45) is 0. The van der Waals surface area contributed by atoms with E-state index in [9.17, 15) is 4.57 Å². The fraction of sp³-hybridized carbons (Fsp3) is 0. The van der Waals surface area contributed by atoms with Gasteiger partial charge in [0.15, 0.2) is 0 Å². The second kappa shape index (κ2) is 5.58. The predicted octanol–water partition coefficient (Wildman–Crippen LogP) is 4.03. The fourth-order valence-electron chi connectivity index (χ4n) is 0.253. The maximum atomic E-state index is 10.6. The van der Waals surface area contributed by atoms with E-state index in [0.717, 1.165) is 5.54 Å². The molecule has 0 fully saturated rings. The third-order valence-electron chi connectivity index (χ3n) is 0.523. The zero-order chi connectivity index (χ0) is 9.78. The first-order valence-electron chi connectivity index (χ1n) is 2.33. The van der Waals surface area contributed by atoms with Gasteiger partial charge in [-0.05, 0) is 34.1 Å². The van der Waals surface area contributed by atoms with Crippen molar-refractivity contribution in [3.05, 3.63) is 10.7 Å². The highest BCUT2D eigenvalue weighted by molar-refractivity contribution is 8.07. The summed E-state index contributed by atoms with van der Waals surface area (Å²) in [5.74, 6) is -3.58. The van der Waals surface area contributed by atoms with Crippen LogP contribution in [-0.4, -0.2) is 5.29 Å². The summed E-state index contributed by atoms with van der Waals surface area (Å²) >= 11 is 26.0. The minimum Gasteiger partial charge on any atom is -0.320 e. The Hall–Kier alpha value is 0.890. The van der Waals surface area contributed by atoms with Crippen molar-refractivity contribution in [3.63, 3.8) is 0 Å². The van der Waals surface area contributed by atoms with E-state index in [1.165, 1.54) is 0 Å². The highest BCUT2D eigenvalue weighted by Gasteiger charge is 2.12. The van der Waals surface area contributed by atoms with Crippen molar-refractivity contribution in [2.45, 2.75) is 0 Å². The van der Waals surface area contributed by atoms with E-state index in [2.05, 4.69) is 10.1 Å². The molecule has 0 aromatic carbocycles. The summed E-state index contributed by atoms with van der Waals surface area (Å²) in [5.41, 5.74) is 1.01. The molecule has 0 spiro atoms. The molecule has 0 aliphatic rings. The van der Waals surface area contributed by atoms with E-state index >= 15 is 0 Å². The molecular weight excluding hydrogens is 288 g/mol. The van der Waals surface area contributed by atoms with Crippen molar-refractivity contribution in [1.82, 2.24) is 5.32 Å². The molecule has 0 aliphatic heterocycles. The van der Waals surface area contributed by atoms with E-state index in [-0.39, 0.29) is 10.5 Å². The minimum atomic E-state index is -3.58. The van der Waals surface area contributed by atoms with Crippen molar-refractivity contribution in [1.29, 1.82) is 0 Å². The van der Waals surface area contributed by atoms with Crippen molar-refractivity contribution in [2.75, 3.05) is 0 Å². The number of hydrogen-bond acceptors (Lipinski definition) is 1. The SMILES string of the molecule is O=P(Cl)(Cl)/N=C(\Cl)N/C(Cl)=C/Cl. The van der Waals surface area contributed by atoms with Gasteiger partial charge in [-0.25, -0.2) is 0 Å². The first kappa shape index (κ1) is 12.9. The monoisotopic (exact) mass is 288 g/mol. The van der Waals surface area contributed by atoms with Crippen LogP contribution in [-0.2, 0) is 4.57 Å². The van der Waals surface area contributed by atoms with Gasteiger partial charge in [-0.15, -0.1) is 0 Å². The lowest BCUT2D eigenvalue weighted by Crippen LogP contribution is -2.13. The Balaban J connectivity index is 4.32. The summed E-state index contributed by atoms with van der Waals surface area (Å²) in [6.45, 7) is 0. The topological polar surface area (TPSA) is 41.5 Å². The standard InChI is InChI=1S/C3H2Cl5N2OP/c4-1-2(5)9-3(6)10-12(7,8)11/h1H,(H,9,10,11)/b2-1+. The highest BCUT2D eigenvalue weighted by atomic mass is 35.9. The molecule has 0 unspecified atom stereocenters. The van der Waals surface area contributed by atoms with Crippen LogP contribution in [0.2, 0.25) is 0 Å². The Bertz CT molecular complexity index is 257. The molecule has 0 amide bonds. The van der Waals surface area contributed by atoms with Crippen molar-refractivity contribution in [2.24, 2.45) is 4.76 Å². The second-order valence-corrected chi connectivity index (χ2v) is 6.73. The quantitative estimate of drug-likeness (QED) is 0.361. The Labute approximate surface area is 93.7 Å². The van der Waals surface area contributed by atoms with Crippen LogP contribution in [0.1, 0.15) is 0 Å². The normalized spacial score (nSPS) is 14.8.